The van der Waals surface area contributed by atoms with E-state index in [-0.39, 0.29) is 17.3 Å². The molecule has 18 heavy (non-hydrogen) atoms. The molecular weight excluding hydrogens is 254 g/mol. The number of nitrogens with zero attached hydrogens (tertiary/aromatic N) is 3. The Bertz CT molecular complexity index is 557. The molecular formula is C11H14ClN5O. The maximum atomic E-state index is 9.78. The fourth-order valence-corrected chi connectivity index (χ4v) is 2.58. The number of anilines is 1. The number of nitrogens with one attached hydrogen (secondary N) is 2. The molecule has 6 nitrogen and oxygen atoms in total. The molecule has 0 amide bonds. The highest BCUT2D eigenvalue weighted by molar-refractivity contribution is 6.28. The Morgan fingerprint density at radius 2 is 2.33 bits per heavy atom. The Hall–Kier alpha value is -1.40. The van der Waals surface area contributed by atoms with E-state index < -0.39 is 0 Å². The summed E-state index contributed by atoms with van der Waals surface area (Å²) in [5.41, 5.74) is 1.29. The van der Waals surface area contributed by atoms with Crippen molar-refractivity contribution in [1.82, 2.24) is 19.9 Å². The fourth-order valence-electron chi connectivity index (χ4n) is 2.42. The lowest BCUT2D eigenvalue weighted by Gasteiger charge is -2.15. The molecule has 7 heteroatoms. The number of halogens is 1. The average Bonchev–Trinajstić information content (AvgIpc) is 2.94. The van der Waals surface area contributed by atoms with E-state index in [9.17, 15) is 5.11 Å². The maximum Gasteiger partial charge on any atom is 0.226 e. The zero-order valence-corrected chi connectivity index (χ0v) is 10.5. The van der Waals surface area contributed by atoms with Crippen LogP contribution < -0.4 is 5.32 Å². The van der Waals surface area contributed by atoms with Gasteiger partial charge >= 0.3 is 0 Å². The first-order valence-electron chi connectivity index (χ1n) is 6.02. The van der Waals surface area contributed by atoms with E-state index in [4.69, 9.17) is 11.6 Å². The number of hydrogen-bond donors (Lipinski definition) is 3. The quantitative estimate of drug-likeness (QED) is 0.735. The number of aromatic amines is 1. The predicted octanol–water partition coefficient (Wildman–Crippen LogP) is 1.58. The Morgan fingerprint density at radius 1 is 1.44 bits per heavy atom. The molecule has 0 aromatic carbocycles. The molecule has 3 N–H and O–H groups in total. The van der Waals surface area contributed by atoms with Gasteiger partial charge in [-0.15, -0.1) is 0 Å². The van der Waals surface area contributed by atoms with Gasteiger partial charge in [0, 0.05) is 12.5 Å². The van der Waals surface area contributed by atoms with Gasteiger partial charge in [-0.25, -0.2) is 4.98 Å². The van der Waals surface area contributed by atoms with Crippen molar-refractivity contribution in [3.05, 3.63) is 11.6 Å². The molecule has 2 heterocycles. The van der Waals surface area contributed by atoms with E-state index in [1.165, 1.54) is 0 Å². The molecule has 2 unspecified atom stereocenters. The van der Waals surface area contributed by atoms with Crippen LogP contribution in [0.25, 0.3) is 11.2 Å². The van der Waals surface area contributed by atoms with Gasteiger partial charge in [-0.05, 0) is 24.4 Å². The Balaban J connectivity index is 1.79. The second kappa shape index (κ2) is 4.70. The molecule has 0 radical (unpaired) electrons. The van der Waals surface area contributed by atoms with Gasteiger partial charge in [-0.1, -0.05) is 6.42 Å². The highest BCUT2D eigenvalue weighted by Crippen LogP contribution is 2.26. The summed E-state index contributed by atoms with van der Waals surface area (Å²) in [7, 11) is 0. The number of imidazole rings is 1. The second-order valence-electron chi connectivity index (χ2n) is 4.58. The first-order chi connectivity index (χ1) is 8.74. The summed E-state index contributed by atoms with van der Waals surface area (Å²) in [6, 6.07) is 0. The van der Waals surface area contributed by atoms with Crippen LogP contribution in [-0.4, -0.2) is 37.7 Å². The van der Waals surface area contributed by atoms with Crippen LogP contribution >= 0.6 is 11.6 Å². The first kappa shape index (κ1) is 11.7. The molecule has 1 fully saturated rings. The summed E-state index contributed by atoms with van der Waals surface area (Å²) >= 11 is 5.84. The van der Waals surface area contributed by atoms with Gasteiger partial charge in [0.05, 0.1) is 12.4 Å². The summed E-state index contributed by atoms with van der Waals surface area (Å²) in [6.45, 7) is 0.683. The van der Waals surface area contributed by atoms with Crippen molar-refractivity contribution < 1.29 is 5.11 Å². The topological polar surface area (TPSA) is 86.7 Å². The van der Waals surface area contributed by atoms with Gasteiger partial charge in [-0.3, -0.25) is 0 Å². The molecule has 1 saturated carbocycles. The number of aromatic nitrogens is 4. The van der Waals surface area contributed by atoms with Gasteiger partial charge in [0.1, 0.15) is 5.52 Å². The zero-order valence-electron chi connectivity index (χ0n) is 9.73. The summed E-state index contributed by atoms with van der Waals surface area (Å²) < 4.78 is 0. The minimum absolute atomic E-state index is 0.170. The van der Waals surface area contributed by atoms with E-state index in [1.807, 2.05) is 0 Å². The van der Waals surface area contributed by atoms with Crippen LogP contribution in [0.4, 0.5) is 5.82 Å². The SMILES string of the molecule is OC1CCCC1CNc1nc(Cl)nc2nc[nH]c12. The normalized spacial score (nSPS) is 23.7. The molecule has 0 bridgehead atoms. The lowest BCUT2D eigenvalue weighted by atomic mass is 10.1. The van der Waals surface area contributed by atoms with Crippen molar-refractivity contribution in [3.63, 3.8) is 0 Å². The van der Waals surface area contributed by atoms with Gasteiger partial charge in [0.15, 0.2) is 11.5 Å². The summed E-state index contributed by atoms with van der Waals surface area (Å²) in [6.07, 6.45) is 4.35. The van der Waals surface area contributed by atoms with Gasteiger partial charge < -0.3 is 15.4 Å². The number of fused-ring (bicyclic) bond motifs is 1. The number of H-pyrrole nitrogens is 1. The molecule has 0 saturated heterocycles. The van der Waals surface area contributed by atoms with Crippen molar-refractivity contribution in [2.24, 2.45) is 5.92 Å². The zero-order chi connectivity index (χ0) is 12.5. The van der Waals surface area contributed by atoms with Gasteiger partial charge in [0.2, 0.25) is 5.28 Å². The minimum Gasteiger partial charge on any atom is -0.393 e. The van der Waals surface area contributed by atoms with Crippen LogP contribution in [0.5, 0.6) is 0 Å². The molecule has 2 aromatic rings. The van der Waals surface area contributed by atoms with Crippen molar-refractivity contribution in [1.29, 1.82) is 0 Å². The van der Waals surface area contributed by atoms with Crippen LogP contribution in [0.2, 0.25) is 5.28 Å². The van der Waals surface area contributed by atoms with Crippen LogP contribution in [0, 0.1) is 5.92 Å². The highest BCUT2D eigenvalue weighted by atomic mass is 35.5. The second-order valence-corrected chi connectivity index (χ2v) is 4.92. The van der Waals surface area contributed by atoms with Crippen molar-refractivity contribution in [2.45, 2.75) is 25.4 Å². The average molecular weight is 268 g/mol. The van der Waals surface area contributed by atoms with Crippen molar-refractivity contribution >= 4 is 28.6 Å². The fraction of sp³-hybridized carbons (Fsp3) is 0.545. The van der Waals surface area contributed by atoms with Crippen LogP contribution in [-0.2, 0) is 0 Å². The maximum absolute atomic E-state index is 9.78. The standard InChI is InChI=1S/C11H14ClN5O/c12-11-16-9(8-10(17-11)15-5-14-8)13-4-6-2-1-3-7(6)18/h5-7,18H,1-4H2,(H2,13,14,15,16,17). The van der Waals surface area contributed by atoms with E-state index in [2.05, 4.69) is 25.3 Å². The minimum atomic E-state index is -0.216. The van der Waals surface area contributed by atoms with Crippen molar-refractivity contribution in [3.8, 4) is 0 Å². The molecule has 2 aromatic heterocycles. The van der Waals surface area contributed by atoms with Crippen LogP contribution in [0.1, 0.15) is 19.3 Å². The van der Waals surface area contributed by atoms with Gasteiger partial charge in [0.25, 0.3) is 0 Å². The third-order valence-corrected chi connectivity index (χ3v) is 3.58. The van der Waals surface area contributed by atoms with Crippen LogP contribution in [0.3, 0.4) is 0 Å². The lowest BCUT2D eigenvalue weighted by molar-refractivity contribution is 0.138. The smallest absolute Gasteiger partial charge is 0.226 e. The van der Waals surface area contributed by atoms with Crippen molar-refractivity contribution in [2.75, 3.05) is 11.9 Å². The number of rotatable bonds is 3. The summed E-state index contributed by atoms with van der Waals surface area (Å²) in [5.74, 6) is 0.915. The van der Waals surface area contributed by atoms with Crippen LogP contribution in [0.15, 0.2) is 6.33 Å². The molecule has 1 aliphatic carbocycles. The molecule has 1 aliphatic rings. The summed E-state index contributed by atoms with van der Waals surface area (Å²) in [5, 5.41) is 13.2. The largest absolute Gasteiger partial charge is 0.393 e. The van der Waals surface area contributed by atoms with Gasteiger partial charge in [-0.2, -0.15) is 9.97 Å². The highest BCUT2D eigenvalue weighted by Gasteiger charge is 2.25. The van der Waals surface area contributed by atoms with E-state index in [0.29, 0.717) is 18.0 Å². The van der Waals surface area contributed by atoms with E-state index >= 15 is 0 Å². The Labute approximate surface area is 109 Å². The van der Waals surface area contributed by atoms with E-state index in [1.54, 1.807) is 6.33 Å². The third kappa shape index (κ3) is 2.13. The molecule has 3 rings (SSSR count). The molecule has 96 valence electrons. The number of aliphatic hydroxyl groups excluding tert-OH is 1. The lowest BCUT2D eigenvalue weighted by Crippen LogP contribution is -2.22. The first-order valence-corrected chi connectivity index (χ1v) is 6.40. The summed E-state index contributed by atoms with van der Waals surface area (Å²) in [4.78, 5) is 15.2. The monoisotopic (exact) mass is 267 g/mol. The Morgan fingerprint density at radius 3 is 3.11 bits per heavy atom. The predicted molar refractivity (Wildman–Crippen MR) is 68.5 cm³/mol. The molecule has 0 aliphatic heterocycles. The number of hydrogen-bond acceptors (Lipinski definition) is 5. The number of aliphatic hydroxyl groups is 1. The Kier molecular flexibility index (Phi) is 3.05. The molecule has 2 atom stereocenters. The third-order valence-electron chi connectivity index (χ3n) is 3.41. The van der Waals surface area contributed by atoms with E-state index in [0.717, 1.165) is 24.8 Å². The molecule has 0 spiro atoms.